The standard InChI is InChI=1S/C20H12ClN3O3S/c21-14-5-4-13(19(26)27)10-16(14)23-20-24-18(25)17(28-20)9-11-3-6-15-12(8-11)2-1-7-22-15/h1-10H,(H,26,27)(H,23,24,25)/b17-9-. The second-order valence-corrected chi connectivity index (χ2v) is 7.35. The molecule has 0 unspecified atom stereocenters. The lowest BCUT2D eigenvalue weighted by molar-refractivity contribution is -0.115. The van der Waals surface area contributed by atoms with E-state index in [1.54, 1.807) is 12.3 Å². The summed E-state index contributed by atoms with van der Waals surface area (Å²) in [4.78, 5) is 32.5. The zero-order valence-corrected chi connectivity index (χ0v) is 15.8. The summed E-state index contributed by atoms with van der Waals surface area (Å²) >= 11 is 7.26. The first-order chi connectivity index (χ1) is 13.5. The number of carboxylic acid groups (broad SMARTS) is 1. The number of nitrogens with one attached hydrogen (secondary N) is 1. The molecule has 0 saturated carbocycles. The fraction of sp³-hybridized carbons (Fsp3) is 0. The lowest BCUT2D eigenvalue weighted by atomic mass is 10.1. The Morgan fingerprint density at radius 2 is 2.07 bits per heavy atom. The zero-order chi connectivity index (χ0) is 19.7. The molecule has 0 bridgehead atoms. The molecule has 28 heavy (non-hydrogen) atoms. The number of fused-ring (bicyclic) bond motifs is 1. The van der Waals surface area contributed by atoms with Crippen LogP contribution < -0.4 is 5.32 Å². The van der Waals surface area contributed by atoms with Crippen molar-refractivity contribution in [2.75, 3.05) is 0 Å². The maximum Gasteiger partial charge on any atom is 0.335 e. The number of nitrogens with zero attached hydrogens (tertiary/aromatic N) is 2. The lowest BCUT2D eigenvalue weighted by Crippen LogP contribution is -2.19. The van der Waals surface area contributed by atoms with Crippen molar-refractivity contribution in [1.29, 1.82) is 0 Å². The number of rotatable bonds is 3. The first-order valence-corrected chi connectivity index (χ1v) is 9.36. The van der Waals surface area contributed by atoms with Gasteiger partial charge in [-0.15, -0.1) is 0 Å². The highest BCUT2D eigenvalue weighted by molar-refractivity contribution is 8.18. The topological polar surface area (TPSA) is 91.7 Å². The number of amides is 1. The number of aliphatic imine (C=N–C) groups is 1. The molecule has 8 heteroatoms. The van der Waals surface area contributed by atoms with Crippen LogP contribution in [0, 0.1) is 0 Å². The summed E-state index contributed by atoms with van der Waals surface area (Å²) < 4.78 is 0. The van der Waals surface area contributed by atoms with Crippen LogP contribution in [0.4, 0.5) is 5.69 Å². The molecule has 1 aromatic heterocycles. The highest BCUT2D eigenvalue weighted by atomic mass is 35.5. The van der Waals surface area contributed by atoms with Gasteiger partial charge in [0.2, 0.25) is 0 Å². The minimum Gasteiger partial charge on any atom is -0.478 e. The fourth-order valence-corrected chi connectivity index (χ4v) is 3.65. The molecule has 138 valence electrons. The number of pyridine rings is 1. The Kier molecular flexibility index (Phi) is 4.85. The highest BCUT2D eigenvalue weighted by Crippen LogP contribution is 2.32. The molecule has 1 aliphatic rings. The molecule has 2 N–H and O–H groups in total. The van der Waals surface area contributed by atoms with Gasteiger partial charge in [0.05, 0.1) is 26.7 Å². The minimum absolute atomic E-state index is 0.0682. The predicted octanol–water partition coefficient (Wildman–Crippen LogP) is 4.48. The van der Waals surface area contributed by atoms with Gasteiger partial charge in [-0.2, -0.15) is 0 Å². The van der Waals surface area contributed by atoms with E-state index in [9.17, 15) is 9.59 Å². The third kappa shape index (κ3) is 3.76. The number of aromatic carboxylic acids is 1. The van der Waals surface area contributed by atoms with Crippen molar-refractivity contribution in [2.24, 2.45) is 4.99 Å². The molecule has 3 aromatic rings. The largest absolute Gasteiger partial charge is 0.478 e. The number of carbonyl (C=O) groups is 2. The molecule has 1 saturated heterocycles. The molecule has 0 aliphatic carbocycles. The Bertz CT molecular complexity index is 1190. The Morgan fingerprint density at radius 3 is 2.89 bits per heavy atom. The van der Waals surface area contributed by atoms with Crippen LogP contribution in [0.15, 0.2) is 64.6 Å². The van der Waals surface area contributed by atoms with E-state index in [-0.39, 0.29) is 17.2 Å². The molecule has 1 amide bonds. The SMILES string of the molecule is O=C1N/C(=N/c2cc(C(=O)O)ccc2Cl)S/C1=C\c1ccc2ncccc2c1. The number of carbonyl (C=O) groups excluding carboxylic acids is 1. The van der Waals surface area contributed by atoms with E-state index >= 15 is 0 Å². The number of benzene rings is 2. The smallest absolute Gasteiger partial charge is 0.335 e. The molecule has 0 spiro atoms. The van der Waals surface area contributed by atoms with Crippen LogP contribution in [-0.4, -0.2) is 27.1 Å². The molecule has 2 heterocycles. The average Bonchev–Trinajstić information content (AvgIpc) is 3.02. The third-order valence-corrected chi connectivity index (χ3v) is 5.22. The van der Waals surface area contributed by atoms with E-state index in [0.717, 1.165) is 16.5 Å². The van der Waals surface area contributed by atoms with Crippen LogP contribution in [0.3, 0.4) is 0 Å². The summed E-state index contributed by atoms with van der Waals surface area (Å²) in [5.41, 5.74) is 2.09. The van der Waals surface area contributed by atoms with E-state index in [2.05, 4.69) is 15.3 Å². The van der Waals surface area contributed by atoms with E-state index < -0.39 is 5.97 Å². The Hall–Kier alpha value is -3.16. The number of hydrogen-bond acceptors (Lipinski definition) is 5. The summed E-state index contributed by atoms with van der Waals surface area (Å²) in [6.45, 7) is 0. The van der Waals surface area contributed by atoms with Crippen molar-refractivity contribution >= 4 is 63.1 Å². The number of halogens is 1. The van der Waals surface area contributed by atoms with Gasteiger partial charge in [0.25, 0.3) is 5.91 Å². The third-order valence-electron chi connectivity index (χ3n) is 3.99. The van der Waals surface area contributed by atoms with Gasteiger partial charge in [-0.1, -0.05) is 23.7 Å². The highest BCUT2D eigenvalue weighted by Gasteiger charge is 2.24. The molecular formula is C20H12ClN3O3S. The summed E-state index contributed by atoms with van der Waals surface area (Å²) in [6.07, 6.45) is 3.50. The van der Waals surface area contributed by atoms with Gasteiger partial charge in [-0.3, -0.25) is 9.78 Å². The molecule has 2 aromatic carbocycles. The Morgan fingerprint density at radius 1 is 1.21 bits per heavy atom. The summed E-state index contributed by atoms with van der Waals surface area (Å²) in [5, 5.41) is 13.4. The molecule has 1 aliphatic heterocycles. The number of hydrogen-bond donors (Lipinski definition) is 2. The Labute approximate surface area is 169 Å². The van der Waals surface area contributed by atoms with Crippen molar-refractivity contribution in [3.05, 3.63) is 75.8 Å². The molecular weight excluding hydrogens is 398 g/mol. The Balaban J connectivity index is 1.63. The van der Waals surface area contributed by atoms with Crippen molar-refractivity contribution in [3.8, 4) is 0 Å². The summed E-state index contributed by atoms with van der Waals surface area (Å²) in [7, 11) is 0. The average molecular weight is 410 g/mol. The van der Waals surface area contributed by atoms with E-state index in [1.807, 2.05) is 30.3 Å². The van der Waals surface area contributed by atoms with Gasteiger partial charge in [-0.05, 0) is 59.8 Å². The number of thioether (sulfide) groups is 1. The minimum atomic E-state index is -1.08. The second-order valence-electron chi connectivity index (χ2n) is 5.91. The monoisotopic (exact) mass is 409 g/mol. The maximum absolute atomic E-state index is 12.3. The van der Waals surface area contributed by atoms with Crippen molar-refractivity contribution < 1.29 is 14.7 Å². The first-order valence-electron chi connectivity index (χ1n) is 8.17. The molecule has 1 fully saturated rings. The predicted molar refractivity (Wildman–Crippen MR) is 111 cm³/mol. The number of amidine groups is 1. The number of aromatic nitrogens is 1. The van der Waals surface area contributed by atoms with Gasteiger partial charge >= 0.3 is 5.97 Å². The van der Waals surface area contributed by atoms with Crippen LogP contribution in [0.2, 0.25) is 5.02 Å². The van der Waals surface area contributed by atoms with Crippen LogP contribution in [-0.2, 0) is 4.79 Å². The van der Waals surface area contributed by atoms with Crippen LogP contribution in [0.1, 0.15) is 15.9 Å². The van der Waals surface area contributed by atoms with Crippen LogP contribution in [0.5, 0.6) is 0 Å². The van der Waals surface area contributed by atoms with Crippen LogP contribution in [0.25, 0.3) is 17.0 Å². The molecule has 4 rings (SSSR count). The molecule has 6 nitrogen and oxygen atoms in total. The van der Waals surface area contributed by atoms with Crippen molar-refractivity contribution in [3.63, 3.8) is 0 Å². The van der Waals surface area contributed by atoms with E-state index in [0.29, 0.717) is 15.1 Å². The van der Waals surface area contributed by atoms with Gasteiger partial charge in [0, 0.05) is 11.6 Å². The molecule has 0 radical (unpaired) electrons. The molecule has 0 atom stereocenters. The lowest BCUT2D eigenvalue weighted by Gasteiger charge is -2.01. The second kappa shape index (κ2) is 7.46. The van der Waals surface area contributed by atoms with Crippen molar-refractivity contribution in [1.82, 2.24) is 10.3 Å². The van der Waals surface area contributed by atoms with E-state index in [4.69, 9.17) is 16.7 Å². The normalized spacial score (nSPS) is 16.7. The van der Waals surface area contributed by atoms with Gasteiger partial charge in [0.15, 0.2) is 5.17 Å². The maximum atomic E-state index is 12.3. The summed E-state index contributed by atoms with van der Waals surface area (Å²) in [5.74, 6) is -1.35. The van der Waals surface area contributed by atoms with Gasteiger partial charge < -0.3 is 10.4 Å². The van der Waals surface area contributed by atoms with Gasteiger partial charge in [-0.25, -0.2) is 9.79 Å². The zero-order valence-electron chi connectivity index (χ0n) is 14.2. The van der Waals surface area contributed by atoms with E-state index in [1.165, 1.54) is 30.0 Å². The quantitative estimate of drug-likeness (QED) is 0.622. The first kappa shape index (κ1) is 18.2. The van der Waals surface area contributed by atoms with Crippen LogP contribution >= 0.6 is 23.4 Å². The number of carboxylic acids is 1. The van der Waals surface area contributed by atoms with Crippen molar-refractivity contribution in [2.45, 2.75) is 0 Å². The van der Waals surface area contributed by atoms with Gasteiger partial charge in [0.1, 0.15) is 0 Å². The summed E-state index contributed by atoms with van der Waals surface area (Å²) in [6, 6.07) is 13.8. The fourth-order valence-electron chi connectivity index (χ4n) is 2.66.